The van der Waals surface area contributed by atoms with Crippen molar-refractivity contribution in [3.05, 3.63) is 47.7 Å². The second kappa shape index (κ2) is 9.53. The van der Waals surface area contributed by atoms with Crippen LogP contribution in [0.1, 0.15) is 37.8 Å². The predicted octanol–water partition coefficient (Wildman–Crippen LogP) is 1.08. The number of carbonyl (C=O) groups is 3. The van der Waals surface area contributed by atoms with E-state index < -0.39 is 18.1 Å². The van der Waals surface area contributed by atoms with E-state index in [0.29, 0.717) is 24.5 Å². The summed E-state index contributed by atoms with van der Waals surface area (Å²) in [5, 5.41) is 15.7. The van der Waals surface area contributed by atoms with Gasteiger partial charge in [0.1, 0.15) is 5.82 Å². The van der Waals surface area contributed by atoms with Crippen LogP contribution < -0.4 is 21.3 Å². The summed E-state index contributed by atoms with van der Waals surface area (Å²) < 4.78 is 1.48. The van der Waals surface area contributed by atoms with Crippen LogP contribution in [0.15, 0.2) is 36.4 Å². The molecule has 3 atom stereocenters. The SMILES string of the molecule is CCC1C(=O)NC(n2nc(C)cc2NC(=O)C(=O)NCCc2ccccc2)NC1C. The standard InChI is InChI=1S/C21H28N6O3/c1-4-16-14(3)23-21(25-18(16)28)27-17(12-13(2)26-27)24-20(30)19(29)22-11-10-15-8-6-5-7-9-15/h5-9,12,14,16,21,23H,4,10-11H2,1-3H3,(H,22,29)(H,24,30)(H,25,28). The summed E-state index contributed by atoms with van der Waals surface area (Å²) >= 11 is 0. The molecule has 1 aliphatic heterocycles. The molecule has 3 unspecified atom stereocenters. The molecule has 160 valence electrons. The molecule has 2 heterocycles. The number of rotatable bonds is 6. The van der Waals surface area contributed by atoms with Gasteiger partial charge in [-0.15, -0.1) is 0 Å². The summed E-state index contributed by atoms with van der Waals surface area (Å²) in [7, 11) is 0. The Morgan fingerprint density at radius 2 is 1.93 bits per heavy atom. The molecule has 9 heteroatoms. The summed E-state index contributed by atoms with van der Waals surface area (Å²) in [6.07, 6.45) is 0.740. The van der Waals surface area contributed by atoms with Crippen LogP contribution in [-0.4, -0.2) is 40.1 Å². The lowest BCUT2D eigenvalue weighted by Crippen LogP contribution is -2.57. The monoisotopic (exact) mass is 412 g/mol. The maximum absolute atomic E-state index is 12.4. The van der Waals surface area contributed by atoms with Crippen molar-refractivity contribution in [2.75, 3.05) is 11.9 Å². The van der Waals surface area contributed by atoms with Gasteiger partial charge in [-0.25, -0.2) is 4.68 Å². The first-order valence-corrected chi connectivity index (χ1v) is 10.1. The fourth-order valence-electron chi connectivity index (χ4n) is 3.57. The highest BCUT2D eigenvalue weighted by Gasteiger charge is 2.34. The molecule has 0 bridgehead atoms. The normalized spacial score (nSPS) is 21.0. The molecule has 2 aromatic rings. The number of hydrogen-bond donors (Lipinski definition) is 4. The Kier molecular flexibility index (Phi) is 6.83. The summed E-state index contributed by atoms with van der Waals surface area (Å²) in [4.78, 5) is 36.9. The molecule has 30 heavy (non-hydrogen) atoms. The second-order valence-electron chi connectivity index (χ2n) is 7.44. The lowest BCUT2D eigenvalue weighted by molar-refractivity contribution is -0.136. The molecule has 3 amide bonds. The highest BCUT2D eigenvalue weighted by atomic mass is 16.2. The molecule has 0 aliphatic carbocycles. The smallest absolute Gasteiger partial charge is 0.314 e. The Morgan fingerprint density at radius 3 is 2.60 bits per heavy atom. The van der Waals surface area contributed by atoms with Gasteiger partial charge in [0.2, 0.25) is 5.91 Å². The fraction of sp³-hybridized carbons (Fsp3) is 0.429. The summed E-state index contributed by atoms with van der Waals surface area (Å²) in [5.41, 5.74) is 1.72. The van der Waals surface area contributed by atoms with Crippen molar-refractivity contribution in [3.8, 4) is 0 Å². The minimum absolute atomic E-state index is 0.0527. The number of anilines is 1. The van der Waals surface area contributed by atoms with Crippen LogP contribution in [0, 0.1) is 12.8 Å². The first kappa shape index (κ1) is 21.5. The van der Waals surface area contributed by atoms with Crippen LogP contribution in [0.5, 0.6) is 0 Å². The van der Waals surface area contributed by atoms with Gasteiger partial charge in [-0.3, -0.25) is 19.7 Å². The maximum atomic E-state index is 12.4. The molecule has 0 saturated carbocycles. The van der Waals surface area contributed by atoms with Gasteiger partial charge in [0, 0.05) is 18.7 Å². The van der Waals surface area contributed by atoms with E-state index in [1.165, 1.54) is 4.68 Å². The Labute approximate surface area is 175 Å². The van der Waals surface area contributed by atoms with Crippen LogP contribution in [0.2, 0.25) is 0 Å². The Hall–Kier alpha value is -3.20. The molecule has 1 saturated heterocycles. The van der Waals surface area contributed by atoms with E-state index in [1.54, 1.807) is 13.0 Å². The minimum atomic E-state index is -0.786. The lowest BCUT2D eigenvalue weighted by Gasteiger charge is -2.35. The predicted molar refractivity (Wildman–Crippen MR) is 112 cm³/mol. The molecule has 1 fully saturated rings. The van der Waals surface area contributed by atoms with Crippen molar-refractivity contribution in [3.63, 3.8) is 0 Å². The van der Waals surface area contributed by atoms with Gasteiger partial charge < -0.3 is 16.0 Å². The number of hydrogen-bond acceptors (Lipinski definition) is 5. The van der Waals surface area contributed by atoms with Gasteiger partial charge in [-0.2, -0.15) is 5.10 Å². The van der Waals surface area contributed by atoms with Crippen molar-refractivity contribution in [2.45, 2.75) is 45.9 Å². The van der Waals surface area contributed by atoms with Gasteiger partial charge in [0.05, 0.1) is 11.6 Å². The van der Waals surface area contributed by atoms with Crippen molar-refractivity contribution < 1.29 is 14.4 Å². The number of nitrogens with zero attached hydrogens (tertiary/aromatic N) is 2. The molecule has 0 radical (unpaired) electrons. The van der Waals surface area contributed by atoms with Crippen molar-refractivity contribution in [2.24, 2.45) is 5.92 Å². The number of amides is 3. The quantitative estimate of drug-likeness (QED) is 0.530. The van der Waals surface area contributed by atoms with Crippen LogP contribution in [-0.2, 0) is 20.8 Å². The highest BCUT2D eigenvalue weighted by Crippen LogP contribution is 2.21. The van der Waals surface area contributed by atoms with Gasteiger partial charge in [0.15, 0.2) is 6.29 Å². The Bertz CT molecular complexity index is 911. The van der Waals surface area contributed by atoms with Crippen LogP contribution in [0.4, 0.5) is 5.82 Å². The van der Waals surface area contributed by atoms with Gasteiger partial charge in [0.25, 0.3) is 0 Å². The van der Waals surface area contributed by atoms with E-state index in [-0.39, 0.29) is 17.9 Å². The maximum Gasteiger partial charge on any atom is 0.314 e. The van der Waals surface area contributed by atoms with E-state index in [1.807, 2.05) is 44.2 Å². The average molecular weight is 412 g/mol. The molecule has 1 aromatic heterocycles. The largest absolute Gasteiger partial charge is 0.347 e. The summed E-state index contributed by atoms with van der Waals surface area (Å²) in [5.74, 6) is -1.39. The summed E-state index contributed by atoms with van der Waals surface area (Å²) in [6, 6.07) is 11.3. The third kappa shape index (κ3) is 5.04. The molecule has 9 nitrogen and oxygen atoms in total. The third-order valence-electron chi connectivity index (χ3n) is 5.17. The second-order valence-corrected chi connectivity index (χ2v) is 7.44. The molecule has 4 N–H and O–H groups in total. The zero-order valence-corrected chi connectivity index (χ0v) is 17.4. The van der Waals surface area contributed by atoms with E-state index in [0.717, 1.165) is 12.0 Å². The third-order valence-corrected chi connectivity index (χ3v) is 5.17. The molecule has 1 aliphatic rings. The average Bonchev–Trinajstić information content (AvgIpc) is 3.08. The summed E-state index contributed by atoms with van der Waals surface area (Å²) in [6.45, 7) is 6.03. The minimum Gasteiger partial charge on any atom is -0.347 e. The van der Waals surface area contributed by atoms with Crippen LogP contribution in [0.25, 0.3) is 0 Å². The van der Waals surface area contributed by atoms with Gasteiger partial charge >= 0.3 is 11.8 Å². The van der Waals surface area contributed by atoms with Crippen molar-refractivity contribution >= 4 is 23.5 Å². The van der Waals surface area contributed by atoms with Gasteiger partial charge in [-0.1, -0.05) is 37.3 Å². The molecule has 3 rings (SSSR count). The van der Waals surface area contributed by atoms with E-state index >= 15 is 0 Å². The zero-order chi connectivity index (χ0) is 21.7. The molecular weight excluding hydrogens is 384 g/mol. The number of aromatic nitrogens is 2. The van der Waals surface area contributed by atoms with Gasteiger partial charge in [-0.05, 0) is 32.3 Å². The first-order valence-electron chi connectivity index (χ1n) is 10.1. The number of carbonyl (C=O) groups excluding carboxylic acids is 3. The Balaban J connectivity index is 1.60. The molecular formula is C21H28N6O3. The number of nitrogens with one attached hydrogen (secondary N) is 4. The topological polar surface area (TPSA) is 117 Å². The van der Waals surface area contributed by atoms with E-state index in [9.17, 15) is 14.4 Å². The van der Waals surface area contributed by atoms with Crippen molar-refractivity contribution in [1.29, 1.82) is 0 Å². The van der Waals surface area contributed by atoms with Crippen molar-refractivity contribution in [1.82, 2.24) is 25.7 Å². The zero-order valence-electron chi connectivity index (χ0n) is 17.4. The van der Waals surface area contributed by atoms with E-state index in [2.05, 4.69) is 26.4 Å². The fourth-order valence-corrected chi connectivity index (χ4v) is 3.57. The molecule has 0 spiro atoms. The molecule has 1 aromatic carbocycles. The van der Waals surface area contributed by atoms with E-state index in [4.69, 9.17) is 0 Å². The lowest BCUT2D eigenvalue weighted by atomic mass is 9.95. The Morgan fingerprint density at radius 1 is 1.20 bits per heavy atom. The van der Waals surface area contributed by atoms with Crippen LogP contribution >= 0.6 is 0 Å². The number of benzene rings is 1. The van der Waals surface area contributed by atoms with Crippen LogP contribution in [0.3, 0.4) is 0 Å². The highest BCUT2D eigenvalue weighted by molar-refractivity contribution is 6.39. The first-order chi connectivity index (χ1) is 14.4. The number of aryl methyl sites for hydroxylation is 1.